The van der Waals surface area contributed by atoms with Crippen molar-refractivity contribution >= 4 is 0 Å². The van der Waals surface area contributed by atoms with E-state index in [2.05, 4.69) is 57.6 Å². The molecule has 1 aromatic rings. The zero-order valence-electron chi connectivity index (χ0n) is 11.2. The van der Waals surface area contributed by atoms with Crippen LogP contribution >= 0.6 is 0 Å². The summed E-state index contributed by atoms with van der Waals surface area (Å²) < 4.78 is 0. The molecule has 0 fully saturated rings. The number of hydrogen-bond acceptors (Lipinski definition) is 2. The molecule has 0 spiro atoms. The Morgan fingerprint density at radius 3 is 2.00 bits per heavy atom. The number of fused-ring (bicyclic) bond motifs is 2. The molecule has 0 radical (unpaired) electrons. The largest absolute Gasteiger partial charge is 0.241 e. The van der Waals surface area contributed by atoms with Crippen molar-refractivity contribution in [2.24, 2.45) is 10.8 Å². The van der Waals surface area contributed by atoms with E-state index >= 15 is 0 Å². The van der Waals surface area contributed by atoms with Gasteiger partial charge in [-0.1, -0.05) is 41.5 Å². The lowest BCUT2D eigenvalue weighted by molar-refractivity contribution is 0.194. The standard InChI is InChI=1S/C14H22N2/c1-13(2,3)10-9-7-8-15-12(16-9)11(10)14(4,5)6/h7-8,10-11H,1-6H3. The van der Waals surface area contributed by atoms with E-state index in [1.807, 2.05) is 6.20 Å². The summed E-state index contributed by atoms with van der Waals surface area (Å²) in [6.07, 6.45) is 1.90. The van der Waals surface area contributed by atoms with Crippen LogP contribution in [-0.4, -0.2) is 9.97 Å². The number of rotatable bonds is 0. The predicted molar refractivity (Wildman–Crippen MR) is 66.4 cm³/mol. The van der Waals surface area contributed by atoms with Gasteiger partial charge in [0.2, 0.25) is 0 Å². The second-order valence-electron chi connectivity index (χ2n) is 7.03. The van der Waals surface area contributed by atoms with Gasteiger partial charge in [-0.05, 0) is 16.9 Å². The third-order valence-electron chi connectivity index (χ3n) is 3.49. The molecule has 0 aliphatic carbocycles. The van der Waals surface area contributed by atoms with Crippen molar-refractivity contribution in [3.05, 3.63) is 23.8 Å². The molecule has 2 unspecified atom stereocenters. The predicted octanol–water partition coefficient (Wildman–Crippen LogP) is 3.75. The first-order valence-corrected chi connectivity index (χ1v) is 6.04. The minimum Gasteiger partial charge on any atom is -0.241 e. The van der Waals surface area contributed by atoms with Crippen LogP contribution in [0.25, 0.3) is 0 Å². The molecule has 0 aromatic carbocycles. The van der Waals surface area contributed by atoms with E-state index in [4.69, 9.17) is 0 Å². The molecule has 88 valence electrons. The summed E-state index contributed by atoms with van der Waals surface area (Å²) in [5, 5.41) is 0. The molecule has 16 heavy (non-hydrogen) atoms. The lowest BCUT2D eigenvalue weighted by Gasteiger charge is -2.38. The Kier molecular flexibility index (Phi) is 2.37. The average Bonchev–Trinajstić information content (AvgIpc) is 2.35. The highest BCUT2D eigenvalue weighted by molar-refractivity contribution is 5.27. The van der Waals surface area contributed by atoms with E-state index in [1.54, 1.807) is 0 Å². The van der Waals surface area contributed by atoms with Gasteiger partial charge in [-0.3, -0.25) is 0 Å². The van der Waals surface area contributed by atoms with E-state index < -0.39 is 0 Å². The first-order chi connectivity index (χ1) is 7.21. The van der Waals surface area contributed by atoms with Gasteiger partial charge in [-0.15, -0.1) is 0 Å². The molecule has 2 nitrogen and oxygen atoms in total. The van der Waals surface area contributed by atoms with Crippen molar-refractivity contribution in [1.29, 1.82) is 0 Å². The topological polar surface area (TPSA) is 25.8 Å². The molecule has 2 heteroatoms. The maximum atomic E-state index is 4.67. The van der Waals surface area contributed by atoms with Gasteiger partial charge >= 0.3 is 0 Å². The molecule has 2 heterocycles. The van der Waals surface area contributed by atoms with Crippen LogP contribution in [-0.2, 0) is 0 Å². The van der Waals surface area contributed by atoms with Gasteiger partial charge in [0, 0.05) is 23.7 Å². The van der Waals surface area contributed by atoms with Gasteiger partial charge in [0.15, 0.2) is 0 Å². The molecule has 0 saturated carbocycles. The van der Waals surface area contributed by atoms with Crippen LogP contribution in [0.3, 0.4) is 0 Å². The number of aromatic nitrogens is 2. The maximum Gasteiger partial charge on any atom is 0.132 e. The summed E-state index contributed by atoms with van der Waals surface area (Å²) in [6, 6.07) is 2.07. The van der Waals surface area contributed by atoms with Crippen LogP contribution in [0.5, 0.6) is 0 Å². The van der Waals surface area contributed by atoms with Gasteiger partial charge in [0.1, 0.15) is 5.82 Å². The molecule has 1 aliphatic heterocycles. The summed E-state index contributed by atoms with van der Waals surface area (Å²) in [5.41, 5.74) is 1.67. The summed E-state index contributed by atoms with van der Waals surface area (Å²) >= 11 is 0. The quantitative estimate of drug-likeness (QED) is 0.662. The SMILES string of the molecule is CC(C)(C)C1c2ccnc(n2)C1C(C)(C)C. The zero-order valence-corrected chi connectivity index (χ0v) is 11.2. The van der Waals surface area contributed by atoms with Gasteiger partial charge in [-0.2, -0.15) is 0 Å². The third-order valence-corrected chi connectivity index (χ3v) is 3.49. The van der Waals surface area contributed by atoms with E-state index in [0.29, 0.717) is 11.8 Å². The van der Waals surface area contributed by atoms with Crippen molar-refractivity contribution in [2.45, 2.75) is 53.4 Å². The first kappa shape index (κ1) is 11.6. The molecule has 0 saturated heterocycles. The third kappa shape index (κ3) is 1.74. The Morgan fingerprint density at radius 1 is 0.938 bits per heavy atom. The van der Waals surface area contributed by atoms with Crippen molar-refractivity contribution in [3.8, 4) is 0 Å². The lowest BCUT2D eigenvalue weighted by atomic mass is 9.64. The van der Waals surface area contributed by atoms with Gasteiger partial charge < -0.3 is 0 Å². The Labute approximate surface area is 98.5 Å². The smallest absolute Gasteiger partial charge is 0.132 e. The fraction of sp³-hybridized carbons (Fsp3) is 0.714. The highest BCUT2D eigenvalue weighted by atomic mass is 14.9. The fourth-order valence-electron chi connectivity index (χ4n) is 2.86. The van der Waals surface area contributed by atoms with Crippen molar-refractivity contribution in [3.63, 3.8) is 0 Å². The summed E-state index contributed by atoms with van der Waals surface area (Å²) in [6.45, 7) is 13.8. The molecular weight excluding hydrogens is 196 g/mol. The minimum absolute atomic E-state index is 0.216. The number of hydrogen-bond donors (Lipinski definition) is 0. The van der Waals surface area contributed by atoms with Crippen LogP contribution in [0.15, 0.2) is 12.3 Å². The molecule has 1 aliphatic rings. The second-order valence-corrected chi connectivity index (χ2v) is 7.03. The van der Waals surface area contributed by atoms with Gasteiger partial charge in [0.05, 0.1) is 0 Å². The number of nitrogens with zero attached hydrogens (tertiary/aromatic N) is 2. The highest BCUT2D eigenvalue weighted by Gasteiger charge is 2.46. The molecule has 0 N–H and O–H groups in total. The normalized spacial score (nSPS) is 24.9. The summed E-state index contributed by atoms with van der Waals surface area (Å²) in [7, 11) is 0. The Morgan fingerprint density at radius 2 is 1.50 bits per heavy atom. The monoisotopic (exact) mass is 218 g/mol. The van der Waals surface area contributed by atoms with E-state index in [1.165, 1.54) is 5.69 Å². The maximum absolute atomic E-state index is 4.67. The van der Waals surface area contributed by atoms with E-state index in [9.17, 15) is 0 Å². The lowest BCUT2D eigenvalue weighted by Crippen LogP contribution is -2.29. The molecular formula is C14H22N2. The van der Waals surface area contributed by atoms with Crippen molar-refractivity contribution in [1.82, 2.24) is 9.97 Å². The van der Waals surface area contributed by atoms with Crippen molar-refractivity contribution < 1.29 is 0 Å². The summed E-state index contributed by atoms with van der Waals surface area (Å²) in [5.74, 6) is 1.97. The van der Waals surface area contributed by atoms with Crippen LogP contribution in [0, 0.1) is 10.8 Å². The van der Waals surface area contributed by atoms with Crippen LogP contribution in [0.2, 0.25) is 0 Å². The van der Waals surface area contributed by atoms with Crippen molar-refractivity contribution in [2.75, 3.05) is 0 Å². The van der Waals surface area contributed by atoms with Gasteiger partial charge in [0.25, 0.3) is 0 Å². The molecule has 1 aromatic heterocycles. The fourth-order valence-corrected chi connectivity index (χ4v) is 2.86. The Bertz CT molecular complexity index is 361. The first-order valence-electron chi connectivity index (χ1n) is 6.04. The van der Waals surface area contributed by atoms with E-state index in [0.717, 1.165) is 5.82 Å². The molecule has 0 amide bonds. The molecule has 2 atom stereocenters. The molecule has 2 rings (SSSR count). The van der Waals surface area contributed by atoms with Crippen LogP contribution in [0.1, 0.15) is 64.9 Å². The Hall–Kier alpha value is -0.920. The van der Waals surface area contributed by atoms with E-state index in [-0.39, 0.29) is 10.8 Å². The molecule has 2 bridgehead atoms. The zero-order chi connectivity index (χ0) is 12.1. The highest BCUT2D eigenvalue weighted by Crippen LogP contribution is 2.54. The average molecular weight is 218 g/mol. The Balaban J connectivity index is 2.51. The minimum atomic E-state index is 0.216. The second kappa shape index (κ2) is 3.28. The van der Waals surface area contributed by atoms with Crippen LogP contribution < -0.4 is 0 Å². The van der Waals surface area contributed by atoms with Crippen LogP contribution in [0.4, 0.5) is 0 Å². The van der Waals surface area contributed by atoms with Gasteiger partial charge in [-0.25, -0.2) is 9.97 Å². The summed E-state index contributed by atoms with van der Waals surface area (Å²) in [4.78, 5) is 9.12.